The molecule has 1 saturated heterocycles. The van der Waals surface area contributed by atoms with E-state index < -0.39 is 0 Å². The molecule has 0 saturated carbocycles. The van der Waals surface area contributed by atoms with Crippen LogP contribution < -0.4 is 0 Å². The van der Waals surface area contributed by atoms with Gasteiger partial charge in [-0.05, 0) is 17.5 Å². The zero-order valence-corrected chi connectivity index (χ0v) is 10.5. The van der Waals surface area contributed by atoms with Gasteiger partial charge in [-0.25, -0.2) is 0 Å². The molecule has 2 rings (SSSR count). The second-order valence-corrected chi connectivity index (χ2v) is 5.02. The Kier molecular flexibility index (Phi) is 3.78. The molecule has 0 bridgehead atoms. The summed E-state index contributed by atoms with van der Waals surface area (Å²) in [6.07, 6.45) is 0. The molecule has 1 heterocycles. The molecule has 82 valence electrons. The summed E-state index contributed by atoms with van der Waals surface area (Å²) in [6.45, 7) is 2.99. The van der Waals surface area contributed by atoms with Gasteiger partial charge in [-0.15, -0.1) is 11.6 Å². The molecule has 1 aromatic rings. The third-order valence-electron chi connectivity index (χ3n) is 2.68. The highest BCUT2D eigenvalue weighted by Gasteiger charge is 2.26. The fourth-order valence-electron chi connectivity index (χ4n) is 1.81. The van der Waals surface area contributed by atoms with E-state index in [0.717, 1.165) is 31.1 Å². The van der Waals surface area contributed by atoms with Crippen molar-refractivity contribution in [2.45, 2.75) is 6.54 Å². The SMILES string of the molecule is ClCC1CN(Cc2cccc(Cl)c2Cl)C1. The van der Waals surface area contributed by atoms with E-state index in [2.05, 4.69) is 4.90 Å². The summed E-state index contributed by atoms with van der Waals surface area (Å²) in [6, 6.07) is 5.76. The van der Waals surface area contributed by atoms with E-state index in [1.165, 1.54) is 0 Å². The van der Waals surface area contributed by atoms with Gasteiger partial charge < -0.3 is 0 Å². The van der Waals surface area contributed by atoms with Crippen molar-refractivity contribution in [2.75, 3.05) is 19.0 Å². The standard InChI is InChI=1S/C11H12Cl3N/c12-4-8-5-15(6-8)7-9-2-1-3-10(13)11(9)14/h1-3,8H,4-7H2. The molecule has 0 radical (unpaired) electrons. The van der Waals surface area contributed by atoms with Gasteiger partial charge >= 0.3 is 0 Å². The minimum absolute atomic E-state index is 0.628. The second kappa shape index (κ2) is 4.92. The molecule has 0 N–H and O–H groups in total. The van der Waals surface area contributed by atoms with Gasteiger partial charge in [0.1, 0.15) is 0 Å². The van der Waals surface area contributed by atoms with Crippen LogP contribution in [0, 0.1) is 5.92 Å². The Morgan fingerprint density at radius 2 is 2.00 bits per heavy atom. The first-order valence-electron chi connectivity index (χ1n) is 4.92. The minimum atomic E-state index is 0.628. The smallest absolute Gasteiger partial charge is 0.0637 e. The van der Waals surface area contributed by atoms with Crippen molar-refractivity contribution in [3.63, 3.8) is 0 Å². The number of hydrogen-bond acceptors (Lipinski definition) is 1. The van der Waals surface area contributed by atoms with Gasteiger partial charge in [-0.1, -0.05) is 35.3 Å². The van der Waals surface area contributed by atoms with E-state index in [9.17, 15) is 0 Å². The fraction of sp³-hybridized carbons (Fsp3) is 0.455. The number of halogens is 3. The number of hydrogen-bond donors (Lipinski definition) is 0. The normalized spacial score (nSPS) is 17.8. The van der Waals surface area contributed by atoms with Crippen LogP contribution in [0.15, 0.2) is 18.2 Å². The predicted molar refractivity (Wildman–Crippen MR) is 65.9 cm³/mol. The first-order valence-corrected chi connectivity index (χ1v) is 6.21. The Balaban J connectivity index is 1.97. The monoisotopic (exact) mass is 263 g/mol. The average molecular weight is 265 g/mol. The fourth-order valence-corrected chi connectivity index (χ4v) is 2.39. The lowest BCUT2D eigenvalue weighted by Gasteiger charge is -2.38. The molecule has 0 unspecified atom stereocenters. The molecule has 4 heteroatoms. The molecule has 15 heavy (non-hydrogen) atoms. The largest absolute Gasteiger partial charge is 0.298 e. The first kappa shape index (κ1) is 11.5. The lowest BCUT2D eigenvalue weighted by atomic mass is 10.0. The van der Waals surface area contributed by atoms with Crippen LogP contribution in [0.25, 0.3) is 0 Å². The minimum Gasteiger partial charge on any atom is -0.298 e. The van der Waals surface area contributed by atoms with Gasteiger partial charge in [0, 0.05) is 25.5 Å². The van der Waals surface area contributed by atoms with Crippen molar-refractivity contribution < 1.29 is 0 Å². The summed E-state index contributed by atoms with van der Waals surface area (Å²) >= 11 is 17.8. The Hall–Kier alpha value is 0.0500. The van der Waals surface area contributed by atoms with Gasteiger partial charge in [0.25, 0.3) is 0 Å². The van der Waals surface area contributed by atoms with Crippen LogP contribution in [-0.2, 0) is 6.54 Å². The van der Waals surface area contributed by atoms with Crippen molar-refractivity contribution in [1.29, 1.82) is 0 Å². The maximum Gasteiger partial charge on any atom is 0.0637 e. The van der Waals surface area contributed by atoms with Gasteiger partial charge in [0.05, 0.1) is 10.0 Å². The van der Waals surface area contributed by atoms with E-state index in [1.54, 1.807) is 0 Å². The van der Waals surface area contributed by atoms with Gasteiger partial charge in [0.15, 0.2) is 0 Å². The summed E-state index contributed by atoms with van der Waals surface area (Å²) in [7, 11) is 0. The summed E-state index contributed by atoms with van der Waals surface area (Å²) in [4.78, 5) is 2.32. The summed E-state index contributed by atoms with van der Waals surface area (Å²) in [5.74, 6) is 1.39. The van der Waals surface area contributed by atoms with Crippen LogP contribution in [0.5, 0.6) is 0 Å². The molecule has 1 nitrogen and oxygen atoms in total. The zero-order chi connectivity index (χ0) is 10.8. The Morgan fingerprint density at radius 3 is 2.67 bits per heavy atom. The molecule has 0 atom stereocenters. The number of likely N-dealkylation sites (tertiary alicyclic amines) is 1. The van der Waals surface area contributed by atoms with E-state index in [1.807, 2.05) is 18.2 Å². The van der Waals surface area contributed by atoms with Gasteiger partial charge in [-0.3, -0.25) is 4.90 Å². The van der Waals surface area contributed by atoms with Crippen molar-refractivity contribution in [2.24, 2.45) is 5.92 Å². The molecule has 0 aliphatic carbocycles. The molecule has 1 aliphatic heterocycles. The second-order valence-electron chi connectivity index (χ2n) is 3.93. The van der Waals surface area contributed by atoms with Crippen molar-refractivity contribution in [3.05, 3.63) is 33.8 Å². The maximum atomic E-state index is 6.10. The highest BCUT2D eigenvalue weighted by molar-refractivity contribution is 6.42. The lowest BCUT2D eigenvalue weighted by molar-refractivity contribution is 0.107. The van der Waals surface area contributed by atoms with Gasteiger partial charge in [0.2, 0.25) is 0 Å². The summed E-state index contributed by atoms with van der Waals surface area (Å²) < 4.78 is 0. The van der Waals surface area contributed by atoms with Crippen LogP contribution in [0.3, 0.4) is 0 Å². The van der Waals surface area contributed by atoms with Crippen LogP contribution in [0.1, 0.15) is 5.56 Å². The Bertz CT molecular complexity index is 348. The van der Waals surface area contributed by atoms with Gasteiger partial charge in [-0.2, -0.15) is 0 Å². The van der Waals surface area contributed by atoms with E-state index in [0.29, 0.717) is 16.0 Å². The number of nitrogens with zero attached hydrogens (tertiary/aromatic N) is 1. The molecule has 1 aliphatic rings. The van der Waals surface area contributed by atoms with E-state index in [4.69, 9.17) is 34.8 Å². The first-order chi connectivity index (χ1) is 7.20. The predicted octanol–water partition coefficient (Wildman–Crippen LogP) is 3.66. The average Bonchev–Trinajstić information content (AvgIpc) is 2.17. The van der Waals surface area contributed by atoms with Crippen LogP contribution in [0.2, 0.25) is 10.0 Å². The Labute approximate surface area is 105 Å². The molecule has 0 aromatic heterocycles. The number of rotatable bonds is 3. The highest BCUT2D eigenvalue weighted by Crippen LogP contribution is 2.28. The zero-order valence-electron chi connectivity index (χ0n) is 8.22. The molecule has 1 aromatic carbocycles. The quantitative estimate of drug-likeness (QED) is 0.753. The molecule has 0 amide bonds. The molecule has 1 fully saturated rings. The number of alkyl halides is 1. The van der Waals surface area contributed by atoms with Crippen molar-refractivity contribution in [1.82, 2.24) is 4.90 Å². The van der Waals surface area contributed by atoms with Crippen molar-refractivity contribution in [3.8, 4) is 0 Å². The molecular weight excluding hydrogens is 252 g/mol. The van der Waals surface area contributed by atoms with Crippen LogP contribution in [-0.4, -0.2) is 23.9 Å². The van der Waals surface area contributed by atoms with E-state index in [-0.39, 0.29) is 0 Å². The van der Waals surface area contributed by atoms with Crippen LogP contribution >= 0.6 is 34.8 Å². The third kappa shape index (κ3) is 2.59. The third-order valence-corrected chi connectivity index (χ3v) is 3.97. The van der Waals surface area contributed by atoms with E-state index >= 15 is 0 Å². The summed E-state index contributed by atoms with van der Waals surface area (Å²) in [5.41, 5.74) is 1.09. The number of benzene rings is 1. The van der Waals surface area contributed by atoms with Crippen molar-refractivity contribution >= 4 is 34.8 Å². The summed E-state index contributed by atoms with van der Waals surface area (Å²) in [5, 5.41) is 1.30. The molecular formula is C11H12Cl3N. The highest BCUT2D eigenvalue weighted by atomic mass is 35.5. The van der Waals surface area contributed by atoms with Crippen LogP contribution in [0.4, 0.5) is 0 Å². The lowest BCUT2D eigenvalue weighted by Crippen LogP contribution is -2.46. The molecule has 0 spiro atoms. The Morgan fingerprint density at radius 1 is 1.27 bits per heavy atom. The topological polar surface area (TPSA) is 3.24 Å². The maximum absolute atomic E-state index is 6.10.